The van der Waals surface area contributed by atoms with Crippen molar-refractivity contribution in [3.05, 3.63) is 63.1 Å². The average Bonchev–Trinajstić information content (AvgIpc) is 2.77. The molecule has 2 aromatic rings. The third-order valence-electron chi connectivity index (χ3n) is 3.82. The fourth-order valence-corrected chi connectivity index (χ4v) is 3.33. The first-order valence-electron chi connectivity index (χ1n) is 6.72. The van der Waals surface area contributed by atoms with Crippen molar-refractivity contribution in [1.29, 1.82) is 0 Å². The number of nitrogens with one attached hydrogen (secondary N) is 1. The lowest BCUT2D eigenvalue weighted by molar-refractivity contribution is 0.140. The molecule has 3 rings (SSSR count). The number of aliphatic hydroxyl groups is 1. The normalized spacial score (nSPS) is 20.5. The third-order valence-corrected chi connectivity index (χ3v) is 4.33. The van der Waals surface area contributed by atoms with Gasteiger partial charge in [-0.25, -0.2) is 0 Å². The Hall–Kier alpha value is -1.26. The summed E-state index contributed by atoms with van der Waals surface area (Å²) in [5, 5.41) is 24.1. The molecule has 0 aromatic heterocycles. The van der Waals surface area contributed by atoms with Crippen LogP contribution in [0.3, 0.4) is 0 Å². The molecule has 2 aromatic carbocycles. The van der Waals surface area contributed by atoms with E-state index in [2.05, 4.69) is 5.32 Å². The van der Waals surface area contributed by atoms with Crippen molar-refractivity contribution in [2.45, 2.75) is 25.1 Å². The van der Waals surface area contributed by atoms with Crippen LogP contribution in [0.1, 0.15) is 22.7 Å². The summed E-state index contributed by atoms with van der Waals surface area (Å²) >= 11 is 11.9. The van der Waals surface area contributed by atoms with E-state index in [4.69, 9.17) is 23.2 Å². The van der Waals surface area contributed by atoms with Gasteiger partial charge in [-0.05, 0) is 23.3 Å². The first-order valence-corrected chi connectivity index (χ1v) is 7.48. The zero-order valence-electron chi connectivity index (χ0n) is 11.2. The standard InChI is InChI=1S/C16H15Cl2NO2/c17-11-5-10(16(21)13(18)7-11)8-19-15-12-4-2-1-3-9(12)6-14(15)20/h1-5,7,14-15,19-21H,6,8H2/t14-,15+/m0/s1. The van der Waals surface area contributed by atoms with Gasteiger partial charge in [0.1, 0.15) is 5.75 Å². The van der Waals surface area contributed by atoms with Crippen molar-refractivity contribution < 1.29 is 10.2 Å². The molecule has 0 unspecified atom stereocenters. The highest BCUT2D eigenvalue weighted by Crippen LogP contribution is 2.34. The van der Waals surface area contributed by atoms with Crippen LogP contribution in [0.2, 0.25) is 10.0 Å². The van der Waals surface area contributed by atoms with E-state index in [0.29, 0.717) is 23.6 Å². The van der Waals surface area contributed by atoms with Crippen LogP contribution >= 0.6 is 23.2 Å². The summed E-state index contributed by atoms with van der Waals surface area (Å²) in [6.45, 7) is 0.377. The predicted molar refractivity (Wildman–Crippen MR) is 83.9 cm³/mol. The van der Waals surface area contributed by atoms with Gasteiger partial charge in [0.2, 0.25) is 0 Å². The summed E-state index contributed by atoms with van der Waals surface area (Å²) in [7, 11) is 0. The highest BCUT2D eigenvalue weighted by molar-refractivity contribution is 6.35. The quantitative estimate of drug-likeness (QED) is 0.811. The molecule has 0 fully saturated rings. The van der Waals surface area contributed by atoms with Crippen LogP contribution in [0.25, 0.3) is 0 Å². The van der Waals surface area contributed by atoms with Gasteiger partial charge < -0.3 is 15.5 Å². The zero-order valence-corrected chi connectivity index (χ0v) is 12.7. The monoisotopic (exact) mass is 323 g/mol. The first-order chi connectivity index (χ1) is 10.1. The summed E-state index contributed by atoms with van der Waals surface area (Å²) in [5.74, 6) is 0.0225. The highest BCUT2D eigenvalue weighted by atomic mass is 35.5. The van der Waals surface area contributed by atoms with Crippen LogP contribution < -0.4 is 5.32 Å². The Bertz CT molecular complexity index is 675. The SMILES string of the molecule is Oc1c(Cl)cc(Cl)cc1CN[C@@H]1c2ccccc2C[C@@H]1O. The molecule has 3 N–H and O–H groups in total. The Morgan fingerprint density at radius 1 is 1.19 bits per heavy atom. The minimum atomic E-state index is -0.473. The van der Waals surface area contributed by atoms with Gasteiger partial charge in [0, 0.05) is 23.6 Å². The maximum atomic E-state index is 10.2. The second-order valence-electron chi connectivity index (χ2n) is 5.22. The summed E-state index contributed by atoms with van der Waals surface area (Å²) < 4.78 is 0. The van der Waals surface area contributed by atoms with Crippen LogP contribution in [-0.4, -0.2) is 16.3 Å². The third kappa shape index (κ3) is 2.87. The number of aliphatic hydroxyl groups excluding tert-OH is 1. The molecule has 2 atom stereocenters. The molecule has 21 heavy (non-hydrogen) atoms. The van der Waals surface area contributed by atoms with E-state index < -0.39 is 6.10 Å². The van der Waals surface area contributed by atoms with E-state index in [0.717, 1.165) is 11.1 Å². The maximum Gasteiger partial charge on any atom is 0.138 e. The van der Waals surface area contributed by atoms with Crippen molar-refractivity contribution in [3.63, 3.8) is 0 Å². The minimum absolute atomic E-state index is 0.0225. The first kappa shape index (κ1) is 14.7. The topological polar surface area (TPSA) is 52.5 Å². The van der Waals surface area contributed by atoms with Crippen LogP contribution in [0.4, 0.5) is 0 Å². The molecule has 1 aliphatic carbocycles. The fraction of sp³-hybridized carbons (Fsp3) is 0.250. The molecule has 1 aliphatic rings. The molecule has 3 nitrogen and oxygen atoms in total. The Labute approximate surface area is 133 Å². The smallest absolute Gasteiger partial charge is 0.138 e. The lowest BCUT2D eigenvalue weighted by Crippen LogP contribution is -2.28. The molecule has 0 radical (unpaired) electrons. The van der Waals surface area contributed by atoms with Crippen molar-refractivity contribution >= 4 is 23.2 Å². The van der Waals surface area contributed by atoms with Crippen LogP contribution in [0, 0.1) is 0 Å². The van der Waals surface area contributed by atoms with Crippen molar-refractivity contribution in [3.8, 4) is 5.75 Å². The minimum Gasteiger partial charge on any atom is -0.506 e. The maximum absolute atomic E-state index is 10.2. The Kier molecular flexibility index (Phi) is 4.09. The van der Waals surface area contributed by atoms with E-state index in [1.54, 1.807) is 6.07 Å². The number of phenols is 1. The largest absolute Gasteiger partial charge is 0.506 e. The Morgan fingerprint density at radius 2 is 1.95 bits per heavy atom. The van der Waals surface area contributed by atoms with Crippen LogP contribution in [-0.2, 0) is 13.0 Å². The van der Waals surface area contributed by atoms with E-state index in [-0.39, 0.29) is 16.8 Å². The molecular formula is C16H15Cl2NO2. The summed E-state index contributed by atoms with van der Waals surface area (Å²) in [6, 6.07) is 11.0. The zero-order chi connectivity index (χ0) is 15.0. The summed E-state index contributed by atoms with van der Waals surface area (Å²) in [5.41, 5.74) is 2.86. The molecule has 0 amide bonds. The number of benzene rings is 2. The number of rotatable bonds is 3. The van der Waals surface area contributed by atoms with Gasteiger partial charge in [-0.3, -0.25) is 0 Å². The van der Waals surface area contributed by atoms with E-state index in [1.165, 1.54) is 6.07 Å². The molecule has 110 valence electrons. The van der Waals surface area contributed by atoms with Crippen molar-refractivity contribution in [1.82, 2.24) is 5.32 Å². The van der Waals surface area contributed by atoms with Gasteiger partial charge in [0.05, 0.1) is 17.2 Å². The van der Waals surface area contributed by atoms with Gasteiger partial charge in [-0.1, -0.05) is 47.5 Å². The molecule has 0 saturated carbocycles. The summed E-state index contributed by atoms with van der Waals surface area (Å²) in [4.78, 5) is 0. The molecule has 0 spiro atoms. The van der Waals surface area contributed by atoms with Crippen molar-refractivity contribution in [2.24, 2.45) is 0 Å². The number of hydrogen-bond donors (Lipinski definition) is 3. The number of aromatic hydroxyl groups is 1. The second-order valence-corrected chi connectivity index (χ2v) is 6.07. The summed E-state index contributed by atoms with van der Waals surface area (Å²) in [6.07, 6.45) is 0.162. The lowest BCUT2D eigenvalue weighted by Gasteiger charge is -2.18. The molecule has 0 bridgehead atoms. The van der Waals surface area contributed by atoms with E-state index in [1.807, 2.05) is 24.3 Å². The molecule has 0 heterocycles. The lowest BCUT2D eigenvalue weighted by atomic mass is 10.1. The van der Waals surface area contributed by atoms with Crippen LogP contribution in [0.15, 0.2) is 36.4 Å². The Balaban J connectivity index is 1.80. The van der Waals surface area contributed by atoms with Gasteiger partial charge in [0.25, 0.3) is 0 Å². The van der Waals surface area contributed by atoms with Gasteiger partial charge in [-0.2, -0.15) is 0 Å². The van der Waals surface area contributed by atoms with E-state index in [9.17, 15) is 10.2 Å². The van der Waals surface area contributed by atoms with Gasteiger partial charge >= 0.3 is 0 Å². The number of fused-ring (bicyclic) bond motifs is 1. The average molecular weight is 324 g/mol. The molecule has 0 aliphatic heterocycles. The van der Waals surface area contributed by atoms with Crippen molar-refractivity contribution in [2.75, 3.05) is 0 Å². The second kappa shape index (κ2) is 5.85. The predicted octanol–water partition coefficient (Wildman–Crippen LogP) is 3.45. The molecule has 0 saturated heterocycles. The van der Waals surface area contributed by atoms with Crippen LogP contribution in [0.5, 0.6) is 5.75 Å². The molecular weight excluding hydrogens is 309 g/mol. The fourth-order valence-electron chi connectivity index (χ4n) is 2.79. The van der Waals surface area contributed by atoms with Gasteiger partial charge in [-0.15, -0.1) is 0 Å². The molecule has 5 heteroatoms. The number of hydrogen-bond acceptors (Lipinski definition) is 3. The highest BCUT2D eigenvalue weighted by Gasteiger charge is 2.30. The van der Waals surface area contributed by atoms with E-state index >= 15 is 0 Å². The number of phenolic OH excluding ortho intramolecular Hbond substituents is 1. The van der Waals surface area contributed by atoms with Gasteiger partial charge in [0.15, 0.2) is 0 Å². The number of halogens is 2. The Morgan fingerprint density at radius 3 is 2.76 bits per heavy atom.